The summed E-state index contributed by atoms with van der Waals surface area (Å²) in [7, 11) is 0. The summed E-state index contributed by atoms with van der Waals surface area (Å²) in [6.45, 7) is 0.349. The van der Waals surface area contributed by atoms with E-state index < -0.39 is 5.91 Å². The van der Waals surface area contributed by atoms with Gasteiger partial charge in [0.2, 0.25) is 5.43 Å². The Labute approximate surface area is 137 Å². The van der Waals surface area contributed by atoms with Crippen LogP contribution in [0, 0.1) is 0 Å². The predicted octanol–water partition coefficient (Wildman–Crippen LogP) is 2.58. The summed E-state index contributed by atoms with van der Waals surface area (Å²) in [5.41, 5.74) is 1.09. The zero-order chi connectivity index (χ0) is 16.2. The third-order valence-corrected chi connectivity index (χ3v) is 4.25. The van der Waals surface area contributed by atoms with Crippen molar-refractivity contribution in [1.29, 1.82) is 0 Å². The quantitative estimate of drug-likeness (QED) is 0.723. The van der Waals surface area contributed by atoms with Crippen molar-refractivity contribution in [3.8, 4) is 0 Å². The Balaban J connectivity index is 1.78. The Bertz CT molecular complexity index is 904. The summed E-state index contributed by atoms with van der Waals surface area (Å²) in [5.74, 6) is -0.481. The van der Waals surface area contributed by atoms with Crippen molar-refractivity contribution in [3.05, 3.63) is 70.0 Å². The second-order valence-corrected chi connectivity index (χ2v) is 5.86. The van der Waals surface area contributed by atoms with Crippen LogP contribution in [0.4, 0.5) is 0 Å². The number of thioether (sulfide) groups is 1. The van der Waals surface area contributed by atoms with Crippen molar-refractivity contribution < 1.29 is 4.79 Å². The summed E-state index contributed by atoms with van der Waals surface area (Å²) < 4.78 is 0. The number of amides is 1. The van der Waals surface area contributed by atoms with Gasteiger partial charge in [-0.25, -0.2) is 0 Å². The summed E-state index contributed by atoms with van der Waals surface area (Å²) in [6, 6.07) is 14.9. The molecule has 5 nitrogen and oxygen atoms in total. The number of rotatable bonds is 4. The number of hydrogen-bond acceptors (Lipinski definition) is 4. The van der Waals surface area contributed by atoms with E-state index in [2.05, 4.69) is 15.5 Å². The maximum absolute atomic E-state index is 12.3. The largest absolute Gasteiger partial charge is 0.346 e. The van der Waals surface area contributed by atoms with Gasteiger partial charge in [-0.2, -0.15) is 5.10 Å². The molecule has 3 aromatic rings. The van der Waals surface area contributed by atoms with Gasteiger partial charge in [-0.15, -0.1) is 11.8 Å². The van der Waals surface area contributed by atoms with E-state index in [1.165, 1.54) is 0 Å². The molecule has 116 valence electrons. The Morgan fingerprint density at radius 1 is 1.17 bits per heavy atom. The molecule has 1 heterocycles. The molecule has 0 aliphatic rings. The monoisotopic (exact) mass is 325 g/mol. The smallest absolute Gasteiger partial charge is 0.276 e. The Hall–Kier alpha value is -2.60. The van der Waals surface area contributed by atoms with E-state index >= 15 is 0 Å². The lowest BCUT2D eigenvalue weighted by Gasteiger charge is -2.06. The van der Waals surface area contributed by atoms with E-state index in [4.69, 9.17) is 0 Å². The van der Waals surface area contributed by atoms with Gasteiger partial charge in [0.25, 0.3) is 5.91 Å². The van der Waals surface area contributed by atoms with Gasteiger partial charge in [0, 0.05) is 16.8 Å². The zero-order valence-electron chi connectivity index (χ0n) is 12.5. The van der Waals surface area contributed by atoms with Crippen LogP contribution in [0.25, 0.3) is 10.9 Å². The molecule has 2 N–H and O–H groups in total. The van der Waals surface area contributed by atoms with Crippen molar-refractivity contribution in [2.75, 3.05) is 6.26 Å². The fraction of sp³-hybridized carbons (Fsp3) is 0.118. The number of benzene rings is 2. The molecule has 3 rings (SSSR count). The van der Waals surface area contributed by atoms with E-state index in [0.29, 0.717) is 17.4 Å². The first-order valence-electron chi connectivity index (χ1n) is 7.07. The first-order chi connectivity index (χ1) is 11.2. The van der Waals surface area contributed by atoms with Crippen LogP contribution in [0.1, 0.15) is 16.1 Å². The highest BCUT2D eigenvalue weighted by Gasteiger charge is 2.14. The normalized spacial score (nSPS) is 10.7. The predicted molar refractivity (Wildman–Crippen MR) is 91.8 cm³/mol. The lowest BCUT2D eigenvalue weighted by molar-refractivity contribution is 0.0944. The Morgan fingerprint density at radius 2 is 1.91 bits per heavy atom. The highest BCUT2D eigenvalue weighted by atomic mass is 32.2. The van der Waals surface area contributed by atoms with Gasteiger partial charge in [0.05, 0.1) is 5.52 Å². The summed E-state index contributed by atoms with van der Waals surface area (Å²) >= 11 is 1.66. The van der Waals surface area contributed by atoms with Gasteiger partial charge in [-0.1, -0.05) is 24.3 Å². The van der Waals surface area contributed by atoms with Crippen molar-refractivity contribution in [3.63, 3.8) is 0 Å². The topological polar surface area (TPSA) is 74.8 Å². The second-order valence-electron chi connectivity index (χ2n) is 4.98. The number of fused-ring (bicyclic) bond motifs is 1. The minimum Gasteiger partial charge on any atom is -0.346 e. The number of hydrogen-bond donors (Lipinski definition) is 2. The number of para-hydroxylation sites is 1. The van der Waals surface area contributed by atoms with Crippen LogP contribution in [-0.4, -0.2) is 22.4 Å². The van der Waals surface area contributed by atoms with Crippen LogP contribution in [0.2, 0.25) is 0 Å². The van der Waals surface area contributed by atoms with Crippen molar-refractivity contribution in [2.45, 2.75) is 11.4 Å². The number of carbonyl (C=O) groups excluding carboxylic acids is 1. The van der Waals surface area contributed by atoms with Gasteiger partial charge in [-0.3, -0.25) is 14.7 Å². The van der Waals surface area contributed by atoms with E-state index in [-0.39, 0.29) is 11.1 Å². The number of nitrogens with one attached hydrogen (secondary N) is 2. The molecule has 0 spiro atoms. The molecule has 1 amide bonds. The minimum absolute atomic E-state index is 0.121. The highest BCUT2D eigenvalue weighted by molar-refractivity contribution is 7.98. The molecular formula is C17H15N3O2S. The number of aromatic nitrogens is 2. The third kappa shape index (κ3) is 3.27. The van der Waals surface area contributed by atoms with Crippen molar-refractivity contribution in [2.24, 2.45) is 0 Å². The van der Waals surface area contributed by atoms with E-state index in [1.807, 2.05) is 30.5 Å². The molecule has 2 aromatic carbocycles. The minimum atomic E-state index is -0.481. The molecule has 0 radical (unpaired) electrons. The number of nitrogens with zero attached hydrogens (tertiary/aromatic N) is 1. The summed E-state index contributed by atoms with van der Waals surface area (Å²) in [6.07, 6.45) is 2.01. The molecule has 6 heteroatoms. The van der Waals surface area contributed by atoms with Crippen molar-refractivity contribution >= 4 is 28.6 Å². The molecule has 0 atom stereocenters. The van der Waals surface area contributed by atoms with Crippen LogP contribution in [0.15, 0.2) is 58.2 Å². The lowest BCUT2D eigenvalue weighted by atomic mass is 10.2. The van der Waals surface area contributed by atoms with Crippen molar-refractivity contribution in [1.82, 2.24) is 15.5 Å². The second kappa shape index (κ2) is 6.66. The van der Waals surface area contributed by atoms with Gasteiger partial charge in [0.15, 0.2) is 5.69 Å². The first kappa shape index (κ1) is 15.3. The average Bonchev–Trinajstić information content (AvgIpc) is 2.60. The zero-order valence-corrected chi connectivity index (χ0v) is 13.3. The summed E-state index contributed by atoms with van der Waals surface area (Å²) in [4.78, 5) is 25.7. The molecule has 0 saturated heterocycles. The van der Waals surface area contributed by atoms with Crippen LogP contribution in [-0.2, 0) is 6.54 Å². The molecule has 0 bridgehead atoms. The third-order valence-electron chi connectivity index (χ3n) is 3.50. The fourth-order valence-electron chi connectivity index (χ4n) is 2.24. The molecular weight excluding hydrogens is 310 g/mol. The van der Waals surface area contributed by atoms with Crippen LogP contribution < -0.4 is 10.7 Å². The lowest BCUT2D eigenvalue weighted by Crippen LogP contribution is -2.30. The molecule has 0 aliphatic heterocycles. The van der Waals surface area contributed by atoms with Crippen LogP contribution in [0.3, 0.4) is 0 Å². The maximum atomic E-state index is 12.3. The number of carbonyl (C=O) groups is 1. The molecule has 23 heavy (non-hydrogen) atoms. The standard InChI is InChI=1S/C17H15N3O2S/c1-23-12-8-6-11(7-9-12)10-18-17(22)15-16(21)13-4-2-3-5-14(13)19-20-15/h2-9H,10H2,1H3,(H,18,22)(H,19,21). The van der Waals surface area contributed by atoms with E-state index in [0.717, 1.165) is 10.5 Å². The Kier molecular flexibility index (Phi) is 4.43. The summed E-state index contributed by atoms with van der Waals surface area (Å²) in [5, 5.41) is 9.82. The van der Waals surface area contributed by atoms with Crippen LogP contribution >= 0.6 is 11.8 Å². The Morgan fingerprint density at radius 3 is 2.65 bits per heavy atom. The first-order valence-corrected chi connectivity index (χ1v) is 8.30. The van der Waals surface area contributed by atoms with Gasteiger partial charge >= 0.3 is 0 Å². The van der Waals surface area contributed by atoms with E-state index in [9.17, 15) is 9.59 Å². The number of aromatic amines is 1. The van der Waals surface area contributed by atoms with Gasteiger partial charge < -0.3 is 5.32 Å². The average molecular weight is 325 g/mol. The van der Waals surface area contributed by atoms with E-state index in [1.54, 1.807) is 36.0 Å². The molecule has 1 aromatic heterocycles. The SMILES string of the molecule is CSc1ccc(CNC(=O)c2n[nH]c3ccccc3c2=O)cc1. The van der Waals surface area contributed by atoms with Crippen LogP contribution in [0.5, 0.6) is 0 Å². The van der Waals surface area contributed by atoms with Gasteiger partial charge in [0.1, 0.15) is 0 Å². The molecule has 0 unspecified atom stereocenters. The molecule has 0 aliphatic carbocycles. The maximum Gasteiger partial charge on any atom is 0.276 e. The number of H-pyrrole nitrogens is 1. The molecule has 0 saturated carbocycles. The fourth-order valence-corrected chi connectivity index (χ4v) is 2.64. The molecule has 0 fully saturated rings. The van der Waals surface area contributed by atoms with Gasteiger partial charge in [-0.05, 0) is 36.1 Å². The highest BCUT2D eigenvalue weighted by Crippen LogP contribution is 2.14.